The Bertz CT molecular complexity index is 573. The van der Waals surface area contributed by atoms with Crippen LogP contribution >= 0.6 is 0 Å². The van der Waals surface area contributed by atoms with E-state index in [4.69, 9.17) is 10.7 Å². The molecule has 1 unspecified atom stereocenters. The normalized spacial score (nSPS) is 14.2. The Morgan fingerprint density at radius 3 is 2.40 bits per heavy atom. The first-order chi connectivity index (χ1) is 9.40. The van der Waals surface area contributed by atoms with Crippen LogP contribution in [0.4, 0.5) is 0 Å². The van der Waals surface area contributed by atoms with Gasteiger partial charge >= 0.3 is 0 Å². The second-order valence-electron chi connectivity index (χ2n) is 6.63. The summed E-state index contributed by atoms with van der Waals surface area (Å²) in [4.78, 5) is 4.84. The van der Waals surface area contributed by atoms with E-state index in [1.54, 1.807) is 0 Å². The van der Waals surface area contributed by atoms with E-state index in [2.05, 4.69) is 51.3 Å². The third-order valence-corrected chi connectivity index (χ3v) is 4.15. The van der Waals surface area contributed by atoms with E-state index in [-0.39, 0.29) is 11.5 Å². The van der Waals surface area contributed by atoms with Gasteiger partial charge in [-0.1, -0.05) is 53.5 Å². The highest BCUT2D eigenvalue weighted by Gasteiger charge is 2.29. The van der Waals surface area contributed by atoms with Crippen LogP contribution in [-0.2, 0) is 5.41 Å². The Morgan fingerprint density at radius 1 is 1.20 bits per heavy atom. The second kappa shape index (κ2) is 5.57. The summed E-state index contributed by atoms with van der Waals surface area (Å²) in [7, 11) is 0. The topological polar surface area (TPSA) is 43.3 Å². The minimum absolute atomic E-state index is 0.00497. The van der Waals surface area contributed by atoms with Crippen molar-refractivity contribution in [2.24, 2.45) is 11.7 Å². The lowest BCUT2D eigenvalue weighted by molar-refractivity contribution is 0.389. The van der Waals surface area contributed by atoms with Crippen molar-refractivity contribution >= 4 is 5.65 Å². The Balaban J connectivity index is 2.65. The molecule has 0 aromatic carbocycles. The Kier molecular flexibility index (Phi) is 4.19. The lowest BCUT2D eigenvalue weighted by atomic mass is 9.84. The van der Waals surface area contributed by atoms with Crippen LogP contribution in [0.3, 0.4) is 0 Å². The lowest BCUT2D eigenvalue weighted by Gasteiger charge is -2.26. The Morgan fingerprint density at radius 2 is 1.85 bits per heavy atom. The summed E-state index contributed by atoms with van der Waals surface area (Å²) in [6.45, 7) is 11.1. The molecule has 2 aromatic heterocycles. The number of aromatic nitrogens is 2. The number of nitrogens with zero attached hydrogens (tertiary/aromatic N) is 2. The maximum absolute atomic E-state index is 6.61. The minimum atomic E-state index is 0.00497. The van der Waals surface area contributed by atoms with Crippen LogP contribution in [0.25, 0.3) is 5.65 Å². The number of imidazole rings is 1. The first-order valence-electron chi connectivity index (χ1n) is 7.63. The molecule has 110 valence electrons. The van der Waals surface area contributed by atoms with Gasteiger partial charge in [0, 0.05) is 11.6 Å². The first-order valence-corrected chi connectivity index (χ1v) is 7.63. The van der Waals surface area contributed by atoms with Crippen LogP contribution in [0.5, 0.6) is 0 Å². The number of fused-ring (bicyclic) bond motifs is 1. The highest BCUT2D eigenvalue weighted by molar-refractivity contribution is 5.46. The monoisotopic (exact) mass is 273 g/mol. The molecule has 0 aliphatic heterocycles. The third-order valence-electron chi connectivity index (χ3n) is 4.15. The molecule has 0 amide bonds. The average molecular weight is 273 g/mol. The highest BCUT2D eigenvalue weighted by Crippen LogP contribution is 2.34. The first kappa shape index (κ1) is 15.0. The molecule has 3 nitrogen and oxygen atoms in total. The summed E-state index contributed by atoms with van der Waals surface area (Å²) in [5.41, 5.74) is 9.92. The minimum Gasteiger partial charge on any atom is -0.322 e. The van der Waals surface area contributed by atoms with E-state index in [0.717, 1.165) is 24.2 Å². The summed E-state index contributed by atoms with van der Waals surface area (Å²) in [5, 5.41) is 0. The molecular formula is C17H27N3. The molecule has 20 heavy (non-hydrogen) atoms. The molecule has 2 heterocycles. The summed E-state index contributed by atoms with van der Waals surface area (Å²) < 4.78 is 2.17. The van der Waals surface area contributed by atoms with Gasteiger partial charge in [-0.3, -0.25) is 0 Å². The maximum Gasteiger partial charge on any atom is 0.137 e. The van der Waals surface area contributed by atoms with Gasteiger partial charge in [0.25, 0.3) is 0 Å². The molecular weight excluding hydrogens is 246 g/mol. The van der Waals surface area contributed by atoms with Crippen molar-refractivity contribution in [1.29, 1.82) is 0 Å². The van der Waals surface area contributed by atoms with E-state index in [9.17, 15) is 0 Å². The van der Waals surface area contributed by atoms with Crippen LogP contribution < -0.4 is 5.73 Å². The largest absolute Gasteiger partial charge is 0.322 e. The summed E-state index contributed by atoms with van der Waals surface area (Å²) in [6, 6.07) is 6.17. The maximum atomic E-state index is 6.61. The number of nitrogens with two attached hydrogens (primary N) is 1. The smallest absolute Gasteiger partial charge is 0.137 e. The van der Waals surface area contributed by atoms with Crippen LogP contribution in [0.1, 0.15) is 64.9 Å². The summed E-state index contributed by atoms with van der Waals surface area (Å²) >= 11 is 0. The van der Waals surface area contributed by atoms with Crippen molar-refractivity contribution in [2.75, 3.05) is 0 Å². The van der Waals surface area contributed by atoms with Crippen LogP contribution in [0, 0.1) is 5.92 Å². The Labute approximate surface area is 122 Å². The number of hydrogen-bond donors (Lipinski definition) is 1. The fourth-order valence-electron chi connectivity index (χ4n) is 2.91. The molecule has 2 aromatic rings. The van der Waals surface area contributed by atoms with E-state index in [1.807, 2.05) is 12.1 Å². The van der Waals surface area contributed by atoms with Gasteiger partial charge in [-0.05, 0) is 18.1 Å². The molecule has 0 spiro atoms. The van der Waals surface area contributed by atoms with Crippen LogP contribution in [0.15, 0.2) is 24.4 Å². The van der Waals surface area contributed by atoms with Crippen LogP contribution in [0.2, 0.25) is 0 Å². The molecule has 1 atom stereocenters. The van der Waals surface area contributed by atoms with Crippen molar-refractivity contribution in [3.05, 3.63) is 35.8 Å². The summed E-state index contributed by atoms with van der Waals surface area (Å²) in [5.74, 6) is 0.496. The molecule has 0 aliphatic rings. The van der Waals surface area contributed by atoms with Gasteiger partial charge in [-0.2, -0.15) is 0 Å². The van der Waals surface area contributed by atoms with Gasteiger partial charge in [0.2, 0.25) is 0 Å². The number of pyridine rings is 1. The molecule has 0 fully saturated rings. The van der Waals surface area contributed by atoms with Gasteiger partial charge in [0.15, 0.2) is 0 Å². The SMILES string of the molecule is CCC(CC)C(N)c1c(C(C)(C)C)nc2ccccn12. The zero-order valence-electron chi connectivity index (χ0n) is 13.4. The van der Waals surface area contributed by atoms with Gasteiger partial charge in [-0.15, -0.1) is 0 Å². The van der Waals surface area contributed by atoms with E-state index >= 15 is 0 Å². The summed E-state index contributed by atoms with van der Waals surface area (Å²) in [6.07, 6.45) is 4.28. The second-order valence-corrected chi connectivity index (χ2v) is 6.63. The van der Waals surface area contributed by atoms with Crippen LogP contribution in [-0.4, -0.2) is 9.38 Å². The fraction of sp³-hybridized carbons (Fsp3) is 0.588. The van der Waals surface area contributed by atoms with E-state index in [1.165, 1.54) is 5.69 Å². The van der Waals surface area contributed by atoms with E-state index < -0.39 is 0 Å². The van der Waals surface area contributed by atoms with Crippen molar-refractivity contribution in [3.63, 3.8) is 0 Å². The van der Waals surface area contributed by atoms with Gasteiger partial charge in [0.05, 0.1) is 17.4 Å². The Hall–Kier alpha value is -1.35. The molecule has 3 heteroatoms. The van der Waals surface area contributed by atoms with Crippen molar-refractivity contribution in [2.45, 2.75) is 58.9 Å². The fourth-order valence-corrected chi connectivity index (χ4v) is 2.91. The number of rotatable bonds is 4. The molecule has 2 N–H and O–H groups in total. The van der Waals surface area contributed by atoms with Crippen molar-refractivity contribution in [3.8, 4) is 0 Å². The third kappa shape index (κ3) is 2.59. The predicted molar refractivity (Wildman–Crippen MR) is 84.9 cm³/mol. The molecule has 2 rings (SSSR count). The van der Waals surface area contributed by atoms with Gasteiger partial charge < -0.3 is 10.1 Å². The van der Waals surface area contributed by atoms with Gasteiger partial charge in [0.1, 0.15) is 5.65 Å². The zero-order chi connectivity index (χ0) is 14.9. The molecule has 0 radical (unpaired) electrons. The quantitative estimate of drug-likeness (QED) is 0.912. The lowest BCUT2D eigenvalue weighted by Crippen LogP contribution is -2.26. The molecule has 0 aliphatic carbocycles. The average Bonchev–Trinajstić information content (AvgIpc) is 2.79. The van der Waals surface area contributed by atoms with Crippen molar-refractivity contribution in [1.82, 2.24) is 9.38 Å². The standard InChI is InChI=1S/C17H27N3/c1-6-12(7-2)14(18)15-16(17(3,4)5)19-13-10-8-9-11-20(13)15/h8-12,14H,6-7,18H2,1-5H3. The highest BCUT2D eigenvalue weighted by atomic mass is 15.0. The predicted octanol–water partition coefficient (Wildman–Crippen LogP) is 4.07. The van der Waals surface area contributed by atoms with E-state index in [0.29, 0.717) is 5.92 Å². The van der Waals surface area contributed by atoms with Gasteiger partial charge in [-0.25, -0.2) is 4.98 Å². The van der Waals surface area contributed by atoms with Crippen molar-refractivity contribution < 1.29 is 0 Å². The molecule has 0 saturated heterocycles. The molecule has 0 saturated carbocycles. The number of hydrogen-bond acceptors (Lipinski definition) is 2. The zero-order valence-corrected chi connectivity index (χ0v) is 13.4. The molecule has 0 bridgehead atoms.